The van der Waals surface area contributed by atoms with E-state index >= 15 is 0 Å². The normalized spacial score (nSPS) is 12.9. The molecule has 0 aliphatic heterocycles. The lowest BCUT2D eigenvalue weighted by Crippen LogP contribution is -2.41. The summed E-state index contributed by atoms with van der Waals surface area (Å²) < 4.78 is 1.52. The highest BCUT2D eigenvalue weighted by Gasteiger charge is 2.38. The zero-order valence-corrected chi connectivity index (χ0v) is 13.3. The van der Waals surface area contributed by atoms with E-state index in [4.69, 9.17) is 0 Å². The van der Waals surface area contributed by atoms with E-state index in [0.29, 0.717) is 5.82 Å². The molecule has 1 N–H and O–H groups in total. The van der Waals surface area contributed by atoms with Crippen LogP contribution in [0.3, 0.4) is 0 Å². The molecule has 0 radical (unpaired) electrons. The number of hydrogen-bond acceptors (Lipinski definition) is 4. The Labute approximate surface area is 129 Å². The van der Waals surface area contributed by atoms with Crippen molar-refractivity contribution in [2.24, 2.45) is 12.5 Å². The Morgan fingerprint density at radius 1 is 1.32 bits per heavy atom. The molecule has 2 rings (SSSR count). The van der Waals surface area contributed by atoms with Crippen LogP contribution >= 0.6 is 0 Å². The van der Waals surface area contributed by atoms with Crippen LogP contribution in [0.5, 0.6) is 0 Å². The van der Waals surface area contributed by atoms with Gasteiger partial charge in [0.1, 0.15) is 6.04 Å². The Kier molecular flexibility index (Phi) is 4.44. The highest BCUT2D eigenvalue weighted by Crippen LogP contribution is 2.37. The van der Waals surface area contributed by atoms with Crippen molar-refractivity contribution in [3.63, 3.8) is 0 Å². The number of aromatic nitrogens is 4. The summed E-state index contributed by atoms with van der Waals surface area (Å²) in [6.45, 7) is 6.22. The number of carbonyl (C=O) groups is 1. The second-order valence-corrected chi connectivity index (χ2v) is 6.33. The largest absolute Gasteiger partial charge is 0.465 e. The zero-order chi connectivity index (χ0) is 16.3. The summed E-state index contributed by atoms with van der Waals surface area (Å²) in [5.74, 6) is 0.533. The van der Waals surface area contributed by atoms with Gasteiger partial charge in [0.15, 0.2) is 5.82 Å². The van der Waals surface area contributed by atoms with E-state index in [2.05, 4.69) is 15.5 Å². The molecule has 0 bridgehead atoms. The molecule has 0 aliphatic carbocycles. The Bertz CT molecular complexity index is 633. The van der Waals surface area contributed by atoms with Gasteiger partial charge in [-0.05, 0) is 21.4 Å². The van der Waals surface area contributed by atoms with Gasteiger partial charge in [0.2, 0.25) is 0 Å². The molecule has 1 aromatic carbocycles. The average Bonchev–Trinajstić information content (AvgIpc) is 2.84. The van der Waals surface area contributed by atoms with Crippen LogP contribution < -0.4 is 0 Å². The van der Waals surface area contributed by atoms with Gasteiger partial charge in [0, 0.05) is 13.6 Å². The van der Waals surface area contributed by atoms with Gasteiger partial charge in [-0.3, -0.25) is 4.90 Å². The van der Waals surface area contributed by atoms with Crippen LogP contribution in [0, 0.1) is 5.41 Å². The molecule has 0 saturated carbocycles. The first-order valence-electron chi connectivity index (χ1n) is 7.06. The molecule has 22 heavy (non-hydrogen) atoms. The van der Waals surface area contributed by atoms with Gasteiger partial charge in [-0.1, -0.05) is 51.1 Å². The van der Waals surface area contributed by atoms with E-state index in [-0.39, 0.29) is 12.0 Å². The molecule has 0 spiro atoms. The van der Waals surface area contributed by atoms with Gasteiger partial charge in [-0.2, -0.15) is 0 Å². The van der Waals surface area contributed by atoms with Crippen LogP contribution in [0.25, 0.3) is 0 Å². The number of hydrogen-bond donors (Lipinski definition) is 1. The first-order valence-corrected chi connectivity index (χ1v) is 7.06. The fourth-order valence-electron chi connectivity index (χ4n) is 2.51. The summed E-state index contributed by atoms with van der Waals surface area (Å²) >= 11 is 0. The van der Waals surface area contributed by atoms with E-state index in [0.717, 1.165) is 5.56 Å². The molecule has 1 aromatic heterocycles. The van der Waals surface area contributed by atoms with Gasteiger partial charge in [-0.15, -0.1) is 5.10 Å². The standard InChI is InChI=1S/C15H21N5O2/c1-15(2,3)12(13-16-17-18-19(13)4)20(14(21)22)10-11-8-6-5-7-9-11/h5-9,12H,10H2,1-4H3,(H,21,22)/t12-/m1/s1. The molecule has 1 amide bonds. The molecular formula is C15H21N5O2. The maximum absolute atomic E-state index is 11.8. The van der Waals surface area contributed by atoms with Gasteiger partial charge in [-0.25, -0.2) is 9.48 Å². The average molecular weight is 303 g/mol. The minimum atomic E-state index is -0.994. The van der Waals surface area contributed by atoms with Crippen molar-refractivity contribution in [1.29, 1.82) is 0 Å². The summed E-state index contributed by atoms with van der Waals surface area (Å²) in [5, 5.41) is 21.2. The molecule has 118 valence electrons. The summed E-state index contributed by atoms with van der Waals surface area (Å²) in [6, 6.07) is 9.05. The lowest BCUT2D eigenvalue weighted by Gasteiger charge is -2.37. The third kappa shape index (κ3) is 3.41. The fourth-order valence-corrected chi connectivity index (χ4v) is 2.51. The topological polar surface area (TPSA) is 84.1 Å². The molecule has 1 atom stereocenters. The molecular weight excluding hydrogens is 282 g/mol. The lowest BCUT2D eigenvalue weighted by atomic mass is 9.85. The van der Waals surface area contributed by atoms with Crippen molar-refractivity contribution in [3.05, 3.63) is 41.7 Å². The quantitative estimate of drug-likeness (QED) is 0.938. The Morgan fingerprint density at radius 3 is 2.41 bits per heavy atom. The minimum absolute atomic E-state index is 0.283. The number of aryl methyl sites for hydroxylation is 1. The van der Waals surface area contributed by atoms with Crippen molar-refractivity contribution in [3.8, 4) is 0 Å². The number of benzene rings is 1. The third-order valence-corrected chi connectivity index (χ3v) is 3.47. The van der Waals surface area contributed by atoms with Crippen molar-refractivity contribution in [2.75, 3.05) is 0 Å². The first-order chi connectivity index (χ1) is 10.3. The summed E-state index contributed by atoms with van der Waals surface area (Å²) in [6.07, 6.45) is -0.994. The molecule has 7 heteroatoms. The van der Waals surface area contributed by atoms with Crippen LogP contribution in [-0.4, -0.2) is 36.3 Å². The van der Waals surface area contributed by atoms with Crippen molar-refractivity contribution in [1.82, 2.24) is 25.1 Å². The van der Waals surface area contributed by atoms with E-state index in [1.54, 1.807) is 7.05 Å². The van der Waals surface area contributed by atoms with Crippen LogP contribution in [0.2, 0.25) is 0 Å². The molecule has 0 fully saturated rings. The minimum Gasteiger partial charge on any atom is -0.465 e. The summed E-state index contributed by atoms with van der Waals surface area (Å²) in [5.41, 5.74) is 0.574. The van der Waals surface area contributed by atoms with Crippen molar-refractivity contribution >= 4 is 6.09 Å². The summed E-state index contributed by atoms with van der Waals surface area (Å²) in [4.78, 5) is 13.2. The predicted molar refractivity (Wildman–Crippen MR) is 81.0 cm³/mol. The van der Waals surface area contributed by atoms with Gasteiger partial charge in [0.05, 0.1) is 0 Å². The summed E-state index contributed by atoms with van der Waals surface area (Å²) in [7, 11) is 1.72. The second kappa shape index (κ2) is 6.13. The van der Waals surface area contributed by atoms with Crippen LogP contribution in [0.15, 0.2) is 30.3 Å². The van der Waals surface area contributed by atoms with Crippen molar-refractivity contribution in [2.45, 2.75) is 33.4 Å². The number of amides is 1. The van der Waals surface area contributed by atoms with Gasteiger partial charge >= 0.3 is 6.09 Å². The maximum atomic E-state index is 11.8. The molecule has 0 unspecified atom stereocenters. The van der Waals surface area contributed by atoms with Crippen LogP contribution in [-0.2, 0) is 13.6 Å². The Hall–Kier alpha value is -2.44. The van der Waals surface area contributed by atoms with E-state index in [1.807, 2.05) is 51.1 Å². The van der Waals surface area contributed by atoms with Crippen LogP contribution in [0.1, 0.15) is 38.2 Å². The predicted octanol–water partition coefficient (Wildman–Crippen LogP) is 2.48. The smallest absolute Gasteiger partial charge is 0.408 e. The molecule has 1 heterocycles. The van der Waals surface area contributed by atoms with Crippen molar-refractivity contribution < 1.29 is 9.90 Å². The Balaban J connectivity index is 2.42. The van der Waals surface area contributed by atoms with Crippen LogP contribution in [0.4, 0.5) is 4.79 Å². The monoisotopic (exact) mass is 303 g/mol. The molecule has 0 saturated heterocycles. The SMILES string of the molecule is Cn1nnnc1[C@@H](N(Cc1ccccc1)C(=O)O)C(C)(C)C. The lowest BCUT2D eigenvalue weighted by molar-refractivity contribution is 0.0707. The molecule has 2 aromatic rings. The fraction of sp³-hybridized carbons (Fsp3) is 0.467. The second-order valence-electron chi connectivity index (χ2n) is 6.33. The zero-order valence-electron chi connectivity index (χ0n) is 13.3. The molecule has 7 nitrogen and oxygen atoms in total. The highest BCUT2D eigenvalue weighted by molar-refractivity contribution is 5.65. The first kappa shape index (κ1) is 15.9. The van der Waals surface area contributed by atoms with Gasteiger partial charge in [0.25, 0.3) is 0 Å². The van der Waals surface area contributed by atoms with Gasteiger partial charge < -0.3 is 5.11 Å². The highest BCUT2D eigenvalue weighted by atomic mass is 16.4. The Morgan fingerprint density at radius 2 is 1.95 bits per heavy atom. The molecule has 0 aliphatic rings. The number of carboxylic acid groups (broad SMARTS) is 1. The van der Waals surface area contributed by atoms with E-state index in [1.165, 1.54) is 9.58 Å². The maximum Gasteiger partial charge on any atom is 0.408 e. The number of tetrazole rings is 1. The number of rotatable bonds is 4. The number of nitrogens with zero attached hydrogens (tertiary/aromatic N) is 5. The van der Waals surface area contributed by atoms with E-state index < -0.39 is 12.1 Å². The van der Waals surface area contributed by atoms with E-state index in [9.17, 15) is 9.90 Å². The third-order valence-electron chi connectivity index (χ3n) is 3.47.